The molecule has 130 valence electrons. The van der Waals surface area contributed by atoms with Gasteiger partial charge < -0.3 is 10.6 Å². The molecule has 2 aromatic carbocycles. The molecule has 0 aliphatic carbocycles. The van der Waals surface area contributed by atoms with E-state index in [1.54, 1.807) is 18.2 Å². The van der Waals surface area contributed by atoms with E-state index in [-0.39, 0.29) is 17.5 Å². The van der Waals surface area contributed by atoms with Crippen molar-refractivity contribution in [2.24, 2.45) is 0 Å². The van der Waals surface area contributed by atoms with Gasteiger partial charge in [0.05, 0.1) is 0 Å². The van der Waals surface area contributed by atoms with Crippen LogP contribution in [0.15, 0.2) is 60.3 Å². The predicted octanol–water partition coefficient (Wildman–Crippen LogP) is 3.68. The molecule has 4 nitrogen and oxygen atoms in total. The standard InChI is InChI=1S/C21H24N2O2/c1-3-4-14-22-21(25)19(15-17-8-6-5-7-9-17)23-20(24)18-12-10-16(2)11-13-18/h5-13,15H,3-4,14H2,1-2H3,(H,22,25)(H,23,24)/b19-15+. The Labute approximate surface area is 149 Å². The van der Waals surface area contributed by atoms with Crippen molar-refractivity contribution in [1.29, 1.82) is 0 Å². The number of benzene rings is 2. The summed E-state index contributed by atoms with van der Waals surface area (Å²) in [4.78, 5) is 24.9. The number of carbonyl (C=O) groups excluding carboxylic acids is 2. The summed E-state index contributed by atoms with van der Waals surface area (Å²) in [7, 11) is 0. The highest BCUT2D eigenvalue weighted by atomic mass is 16.2. The molecule has 0 aliphatic heterocycles. The molecule has 0 aromatic heterocycles. The van der Waals surface area contributed by atoms with Crippen molar-refractivity contribution in [2.75, 3.05) is 6.54 Å². The van der Waals surface area contributed by atoms with Gasteiger partial charge in [0.2, 0.25) is 0 Å². The van der Waals surface area contributed by atoms with Crippen molar-refractivity contribution in [3.63, 3.8) is 0 Å². The predicted molar refractivity (Wildman–Crippen MR) is 101 cm³/mol. The maximum Gasteiger partial charge on any atom is 0.267 e. The average molecular weight is 336 g/mol. The van der Waals surface area contributed by atoms with Gasteiger partial charge in [-0.15, -0.1) is 0 Å². The summed E-state index contributed by atoms with van der Waals surface area (Å²) in [5.41, 5.74) is 2.69. The quantitative estimate of drug-likeness (QED) is 0.598. The van der Waals surface area contributed by atoms with Crippen LogP contribution in [0.3, 0.4) is 0 Å². The summed E-state index contributed by atoms with van der Waals surface area (Å²) in [6, 6.07) is 16.7. The second-order valence-corrected chi connectivity index (χ2v) is 5.90. The monoisotopic (exact) mass is 336 g/mol. The molecular formula is C21H24N2O2. The summed E-state index contributed by atoms with van der Waals surface area (Å²) in [5.74, 6) is -0.578. The zero-order valence-corrected chi connectivity index (χ0v) is 14.7. The van der Waals surface area contributed by atoms with Crippen LogP contribution in [0.2, 0.25) is 0 Å². The molecule has 0 bridgehead atoms. The van der Waals surface area contributed by atoms with E-state index in [0.29, 0.717) is 12.1 Å². The van der Waals surface area contributed by atoms with E-state index in [4.69, 9.17) is 0 Å². The minimum Gasteiger partial charge on any atom is -0.351 e. The van der Waals surface area contributed by atoms with Gasteiger partial charge in [-0.3, -0.25) is 9.59 Å². The van der Waals surface area contributed by atoms with Gasteiger partial charge in [-0.05, 0) is 37.1 Å². The van der Waals surface area contributed by atoms with Crippen LogP contribution in [-0.2, 0) is 4.79 Å². The molecule has 0 atom stereocenters. The van der Waals surface area contributed by atoms with Crippen molar-refractivity contribution >= 4 is 17.9 Å². The van der Waals surface area contributed by atoms with Crippen molar-refractivity contribution in [3.05, 3.63) is 77.0 Å². The Morgan fingerprint density at radius 1 is 1.00 bits per heavy atom. The zero-order valence-electron chi connectivity index (χ0n) is 14.7. The molecule has 2 rings (SSSR count). The minimum absolute atomic E-state index is 0.243. The number of unbranched alkanes of at least 4 members (excludes halogenated alkanes) is 1. The van der Waals surface area contributed by atoms with E-state index < -0.39 is 0 Å². The molecule has 0 radical (unpaired) electrons. The third-order valence-electron chi connectivity index (χ3n) is 3.73. The molecule has 2 N–H and O–H groups in total. The Balaban J connectivity index is 2.18. The van der Waals surface area contributed by atoms with Gasteiger partial charge in [0.15, 0.2) is 0 Å². The first kappa shape index (κ1) is 18.5. The summed E-state index contributed by atoms with van der Waals surface area (Å²) >= 11 is 0. The van der Waals surface area contributed by atoms with Crippen molar-refractivity contribution in [1.82, 2.24) is 10.6 Å². The third-order valence-corrected chi connectivity index (χ3v) is 3.73. The Hall–Kier alpha value is -2.88. The molecule has 0 heterocycles. The highest BCUT2D eigenvalue weighted by Gasteiger charge is 2.14. The topological polar surface area (TPSA) is 58.2 Å². The average Bonchev–Trinajstić information content (AvgIpc) is 2.62. The highest BCUT2D eigenvalue weighted by molar-refractivity contribution is 6.05. The van der Waals surface area contributed by atoms with Gasteiger partial charge in [-0.2, -0.15) is 0 Å². The number of amides is 2. The molecule has 25 heavy (non-hydrogen) atoms. The fourth-order valence-corrected chi connectivity index (χ4v) is 2.25. The molecule has 0 fully saturated rings. The lowest BCUT2D eigenvalue weighted by atomic mass is 10.1. The van der Waals surface area contributed by atoms with Gasteiger partial charge in [0.25, 0.3) is 11.8 Å². The van der Waals surface area contributed by atoms with Gasteiger partial charge in [0, 0.05) is 12.1 Å². The molecule has 0 aliphatic rings. The van der Waals surface area contributed by atoms with E-state index >= 15 is 0 Å². The highest BCUT2D eigenvalue weighted by Crippen LogP contribution is 2.08. The van der Waals surface area contributed by atoms with E-state index in [1.165, 1.54) is 0 Å². The second kappa shape index (κ2) is 9.42. The van der Waals surface area contributed by atoms with E-state index in [1.807, 2.05) is 49.4 Å². The number of hydrogen-bond donors (Lipinski definition) is 2. The van der Waals surface area contributed by atoms with Crippen molar-refractivity contribution in [2.45, 2.75) is 26.7 Å². The van der Waals surface area contributed by atoms with Crippen LogP contribution >= 0.6 is 0 Å². The number of rotatable bonds is 7. The third kappa shape index (κ3) is 5.92. The Morgan fingerprint density at radius 3 is 2.32 bits per heavy atom. The van der Waals surface area contributed by atoms with Crippen LogP contribution in [0, 0.1) is 6.92 Å². The Kier molecular flexibility index (Phi) is 6.96. The van der Waals surface area contributed by atoms with Gasteiger partial charge in [-0.1, -0.05) is 61.4 Å². The zero-order chi connectivity index (χ0) is 18.1. The normalized spacial score (nSPS) is 11.0. The van der Waals surface area contributed by atoms with Crippen LogP contribution < -0.4 is 10.6 Å². The molecular weight excluding hydrogens is 312 g/mol. The Bertz CT molecular complexity index is 734. The van der Waals surface area contributed by atoms with Crippen LogP contribution in [-0.4, -0.2) is 18.4 Å². The number of carbonyl (C=O) groups is 2. The van der Waals surface area contributed by atoms with Crippen LogP contribution in [0.4, 0.5) is 0 Å². The smallest absolute Gasteiger partial charge is 0.267 e. The number of nitrogens with one attached hydrogen (secondary N) is 2. The fourth-order valence-electron chi connectivity index (χ4n) is 2.25. The lowest BCUT2D eigenvalue weighted by Crippen LogP contribution is -2.35. The van der Waals surface area contributed by atoms with Crippen LogP contribution in [0.25, 0.3) is 6.08 Å². The molecule has 0 saturated carbocycles. The molecule has 0 saturated heterocycles. The maximum atomic E-state index is 12.5. The maximum absolute atomic E-state index is 12.5. The van der Waals surface area contributed by atoms with Crippen LogP contribution in [0.5, 0.6) is 0 Å². The largest absolute Gasteiger partial charge is 0.351 e. The van der Waals surface area contributed by atoms with Crippen molar-refractivity contribution in [3.8, 4) is 0 Å². The minimum atomic E-state index is -0.298. The van der Waals surface area contributed by atoms with Gasteiger partial charge in [0.1, 0.15) is 5.70 Å². The van der Waals surface area contributed by atoms with Crippen LogP contribution in [0.1, 0.15) is 41.3 Å². The summed E-state index contributed by atoms with van der Waals surface area (Å²) in [6.45, 7) is 4.61. The van der Waals surface area contributed by atoms with E-state index in [2.05, 4.69) is 17.6 Å². The SMILES string of the molecule is CCCCNC(=O)/C(=C\c1ccccc1)NC(=O)c1ccc(C)cc1. The first-order valence-corrected chi connectivity index (χ1v) is 8.53. The van der Waals surface area contributed by atoms with E-state index in [0.717, 1.165) is 24.0 Å². The first-order valence-electron chi connectivity index (χ1n) is 8.53. The molecule has 2 aromatic rings. The lowest BCUT2D eigenvalue weighted by Gasteiger charge is -2.11. The van der Waals surface area contributed by atoms with Gasteiger partial charge >= 0.3 is 0 Å². The molecule has 0 spiro atoms. The molecule has 0 unspecified atom stereocenters. The first-order chi connectivity index (χ1) is 12.1. The number of hydrogen-bond acceptors (Lipinski definition) is 2. The summed E-state index contributed by atoms with van der Waals surface area (Å²) in [6.07, 6.45) is 3.58. The lowest BCUT2D eigenvalue weighted by molar-refractivity contribution is -0.117. The fraction of sp³-hybridized carbons (Fsp3) is 0.238. The summed E-state index contributed by atoms with van der Waals surface area (Å²) in [5, 5.41) is 5.59. The van der Waals surface area contributed by atoms with Gasteiger partial charge in [-0.25, -0.2) is 0 Å². The number of aryl methyl sites for hydroxylation is 1. The molecule has 4 heteroatoms. The van der Waals surface area contributed by atoms with E-state index in [9.17, 15) is 9.59 Å². The Morgan fingerprint density at radius 2 is 1.68 bits per heavy atom. The second-order valence-electron chi connectivity index (χ2n) is 5.90. The summed E-state index contributed by atoms with van der Waals surface area (Å²) < 4.78 is 0. The van der Waals surface area contributed by atoms with Crippen molar-refractivity contribution < 1.29 is 9.59 Å². The molecule has 2 amide bonds.